The Morgan fingerprint density at radius 1 is 1.21 bits per heavy atom. The SMILES string of the molecule is OC1(CCOc2ccc(F)cc2)CC2CCC(C1)N2. The highest BCUT2D eigenvalue weighted by Crippen LogP contribution is 2.35. The van der Waals surface area contributed by atoms with Crippen LogP contribution in [0.2, 0.25) is 0 Å². The Labute approximate surface area is 112 Å². The largest absolute Gasteiger partial charge is 0.493 e. The van der Waals surface area contributed by atoms with E-state index in [1.54, 1.807) is 12.1 Å². The number of hydrogen-bond donors (Lipinski definition) is 2. The number of halogens is 1. The summed E-state index contributed by atoms with van der Waals surface area (Å²) in [7, 11) is 0. The second-order valence-electron chi connectivity index (χ2n) is 5.82. The van der Waals surface area contributed by atoms with Gasteiger partial charge in [-0.25, -0.2) is 4.39 Å². The van der Waals surface area contributed by atoms with Crippen LogP contribution in [-0.2, 0) is 0 Å². The molecule has 2 bridgehead atoms. The molecule has 2 N–H and O–H groups in total. The van der Waals surface area contributed by atoms with Crippen molar-refractivity contribution in [2.75, 3.05) is 6.61 Å². The number of piperidine rings is 1. The highest BCUT2D eigenvalue weighted by molar-refractivity contribution is 5.22. The first-order chi connectivity index (χ1) is 9.13. The molecule has 1 aromatic rings. The summed E-state index contributed by atoms with van der Waals surface area (Å²) in [6.45, 7) is 0.474. The first-order valence-electron chi connectivity index (χ1n) is 7.00. The van der Waals surface area contributed by atoms with Gasteiger partial charge >= 0.3 is 0 Å². The van der Waals surface area contributed by atoms with Crippen LogP contribution in [0.15, 0.2) is 24.3 Å². The van der Waals surface area contributed by atoms with E-state index in [0.29, 0.717) is 30.9 Å². The average molecular weight is 265 g/mol. The maximum Gasteiger partial charge on any atom is 0.123 e. The van der Waals surface area contributed by atoms with Crippen molar-refractivity contribution in [3.63, 3.8) is 0 Å². The Morgan fingerprint density at radius 3 is 2.47 bits per heavy atom. The molecule has 2 atom stereocenters. The molecule has 2 unspecified atom stereocenters. The molecule has 3 rings (SSSR count). The Morgan fingerprint density at radius 2 is 1.84 bits per heavy atom. The summed E-state index contributed by atoms with van der Waals surface area (Å²) in [5, 5.41) is 14.1. The van der Waals surface area contributed by atoms with Crippen molar-refractivity contribution in [2.24, 2.45) is 0 Å². The lowest BCUT2D eigenvalue weighted by Gasteiger charge is -2.37. The van der Waals surface area contributed by atoms with Gasteiger partial charge in [0, 0.05) is 18.5 Å². The standard InChI is InChI=1S/C15H20FNO2/c16-11-1-5-14(6-2-11)19-8-7-15(18)9-12-3-4-13(10-15)17-12/h1-2,5-6,12-13,17-18H,3-4,7-10H2. The fourth-order valence-corrected chi connectivity index (χ4v) is 3.32. The van der Waals surface area contributed by atoms with Crippen LogP contribution in [0.25, 0.3) is 0 Å². The minimum atomic E-state index is -0.600. The molecule has 2 saturated heterocycles. The van der Waals surface area contributed by atoms with Crippen LogP contribution in [0.1, 0.15) is 32.1 Å². The van der Waals surface area contributed by atoms with Crippen molar-refractivity contribution in [1.82, 2.24) is 5.32 Å². The van der Waals surface area contributed by atoms with Crippen LogP contribution in [0, 0.1) is 5.82 Å². The predicted octanol–water partition coefficient (Wildman–Crippen LogP) is 2.24. The summed E-state index contributed by atoms with van der Waals surface area (Å²) in [6, 6.07) is 6.93. The average Bonchev–Trinajstić information content (AvgIpc) is 2.72. The molecule has 19 heavy (non-hydrogen) atoms. The van der Waals surface area contributed by atoms with Crippen molar-refractivity contribution in [2.45, 2.75) is 49.8 Å². The molecule has 0 radical (unpaired) electrons. The molecule has 0 spiro atoms. The van der Waals surface area contributed by atoms with Crippen LogP contribution in [0.4, 0.5) is 4.39 Å². The summed E-state index contributed by atoms with van der Waals surface area (Å²) in [6.07, 6.45) is 4.61. The van der Waals surface area contributed by atoms with Gasteiger partial charge in [0.2, 0.25) is 0 Å². The quantitative estimate of drug-likeness (QED) is 0.877. The van der Waals surface area contributed by atoms with Gasteiger partial charge in [0.1, 0.15) is 11.6 Å². The molecule has 2 heterocycles. The maximum atomic E-state index is 12.8. The minimum Gasteiger partial charge on any atom is -0.493 e. The van der Waals surface area contributed by atoms with E-state index in [1.807, 2.05) is 0 Å². The zero-order valence-electron chi connectivity index (χ0n) is 10.9. The first-order valence-corrected chi connectivity index (χ1v) is 7.00. The van der Waals surface area contributed by atoms with Crippen LogP contribution in [0.3, 0.4) is 0 Å². The molecule has 0 amide bonds. The van der Waals surface area contributed by atoms with E-state index >= 15 is 0 Å². The summed E-state index contributed by atoms with van der Waals surface area (Å²) in [4.78, 5) is 0. The van der Waals surface area contributed by atoms with Crippen LogP contribution >= 0.6 is 0 Å². The fourth-order valence-electron chi connectivity index (χ4n) is 3.32. The van der Waals surface area contributed by atoms with Crippen molar-refractivity contribution in [3.8, 4) is 5.75 Å². The monoisotopic (exact) mass is 265 g/mol. The molecule has 104 valence electrons. The van der Waals surface area contributed by atoms with Gasteiger partial charge in [-0.2, -0.15) is 0 Å². The number of aliphatic hydroxyl groups is 1. The Bertz CT molecular complexity index is 422. The second-order valence-corrected chi connectivity index (χ2v) is 5.82. The lowest BCUT2D eigenvalue weighted by Crippen LogP contribution is -2.49. The molecule has 2 fully saturated rings. The molecule has 0 aromatic heterocycles. The third-order valence-electron chi connectivity index (χ3n) is 4.24. The smallest absolute Gasteiger partial charge is 0.123 e. The predicted molar refractivity (Wildman–Crippen MR) is 70.6 cm³/mol. The Balaban J connectivity index is 1.50. The highest BCUT2D eigenvalue weighted by Gasteiger charge is 2.42. The molecule has 0 saturated carbocycles. The fraction of sp³-hybridized carbons (Fsp3) is 0.600. The summed E-state index contributed by atoms with van der Waals surface area (Å²) < 4.78 is 18.3. The topological polar surface area (TPSA) is 41.5 Å². The Kier molecular flexibility index (Phi) is 3.46. The molecule has 4 heteroatoms. The van der Waals surface area contributed by atoms with E-state index in [0.717, 1.165) is 12.8 Å². The van der Waals surface area contributed by atoms with Gasteiger partial charge in [0.05, 0.1) is 12.2 Å². The third kappa shape index (κ3) is 3.07. The molecular formula is C15H20FNO2. The number of rotatable bonds is 4. The zero-order valence-corrected chi connectivity index (χ0v) is 10.9. The van der Waals surface area contributed by atoms with Gasteiger partial charge < -0.3 is 15.2 Å². The lowest BCUT2D eigenvalue weighted by molar-refractivity contribution is -0.0229. The van der Waals surface area contributed by atoms with Gasteiger partial charge in [-0.15, -0.1) is 0 Å². The molecule has 1 aromatic carbocycles. The van der Waals surface area contributed by atoms with E-state index in [2.05, 4.69) is 5.32 Å². The van der Waals surface area contributed by atoms with Crippen LogP contribution in [0.5, 0.6) is 5.75 Å². The van der Waals surface area contributed by atoms with Crippen LogP contribution in [-0.4, -0.2) is 29.4 Å². The molecule has 2 aliphatic heterocycles. The second kappa shape index (κ2) is 5.10. The van der Waals surface area contributed by atoms with Crippen molar-refractivity contribution >= 4 is 0 Å². The number of ether oxygens (including phenoxy) is 1. The van der Waals surface area contributed by atoms with Gasteiger partial charge in [-0.05, 0) is 49.9 Å². The van der Waals surface area contributed by atoms with E-state index in [1.165, 1.54) is 25.0 Å². The summed E-state index contributed by atoms with van der Waals surface area (Å²) >= 11 is 0. The van der Waals surface area contributed by atoms with E-state index < -0.39 is 5.60 Å². The first kappa shape index (κ1) is 12.9. The van der Waals surface area contributed by atoms with Crippen LogP contribution < -0.4 is 10.1 Å². The van der Waals surface area contributed by atoms with Gasteiger partial charge in [-0.3, -0.25) is 0 Å². The van der Waals surface area contributed by atoms with Crippen molar-refractivity contribution in [1.29, 1.82) is 0 Å². The molecule has 2 aliphatic rings. The summed E-state index contributed by atoms with van der Waals surface area (Å²) in [5.74, 6) is 0.391. The zero-order chi connectivity index (χ0) is 13.3. The van der Waals surface area contributed by atoms with E-state index in [4.69, 9.17) is 4.74 Å². The highest BCUT2D eigenvalue weighted by atomic mass is 19.1. The number of hydrogen-bond acceptors (Lipinski definition) is 3. The van der Waals surface area contributed by atoms with Crippen molar-refractivity contribution < 1.29 is 14.2 Å². The third-order valence-corrected chi connectivity index (χ3v) is 4.24. The van der Waals surface area contributed by atoms with Gasteiger partial charge in [0.15, 0.2) is 0 Å². The summed E-state index contributed by atoms with van der Waals surface area (Å²) in [5.41, 5.74) is -0.600. The van der Waals surface area contributed by atoms with Gasteiger partial charge in [0.25, 0.3) is 0 Å². The maximum absolute atomic E-state index is 12.8. The van der Waals surface area contributed by atoms with Gasteiger partial charge in [-0.1, -0.05) is 0 Å². The van der Waals surface area contributed by atoms with Crippen molar-refractivity contribution in [3.05, 3.63) is 30.1 Å². The Hall–Kier alpha value is -1.13. The lowest BCUT2D eigenvalue weighted by atomic mass is 9.85. The number of benzene rings is 1. The molecular weight excluding hydrogens is 245 g/mol. The number of fused-ring (bicyclic) bond motifs is 2. The number of nitrogens with one attached hydrogen (secondary N) is 1. The normalized spacial score (nSPS) is 33.4. The van der Waals surface area contributed by atoms with E-state index in [9.17, 15) is 9.50 Å². The van der Waals surface area contributed by atoms with E-state index in [-0.39, 0.29) is 5.82 Å². The molecule has 3 nitrogen and oxygen atoms in total. The molecule has 0 aliphatic carbocycles. The minimum absolute atomic E-state index is 0.263.